The van der Waals surface area contributed by atoms with Gasteiger partial charge in [-0.2, -0.15) is 0 Å². The molecule has 3 rings (SSSR count). The molecule has 0 aliphatic rings. The topological polar surface area (TPSA) is 114 Å². The second-order valence-electron chi connectivity index (χ2n) is 6.39. The second kappa shape index (κ2) is 8.64. The number of nitrogens with one attached hydrogen (secondary N) is 1. The van der Waals surface area contributed by atoms with Gasteiger partial charge in [0.25, 0.3) is 5.56 Å². The monoisotopic (exact) mass is 383 g/mol. The van der Waals surface area contributed by atoms with Gasteiger partial charge in [-0.1, -0.05) is 36.4 Å². The van der Waals surface area contributed by atoms with Gasteiger partial charge in [0.05, 0.1) is 17.2 Å². The maximum atomic E-state index is 12.2. The minimum Gasteiger partial charge on any atom is -0.445 e. The summed E-state index contributed by atoms with van der Waals surface area (Å²) in [6, 6.07) is 13.9. The van der Waals surface area contributed by atoms with Gasteiger partial charge in [-0.3, -0.25) is 4.79 Å². The molecule has 0 aliphatic heterocycles. The summed E-state index contributed by atoms with van der Waals surface area (Å²) in [4.78, 5) is 28.1. The van der Waals surface area contributed by atoms with Crippen molar-refractivity contribution in [3.05, 3.63) is 76.3 Å². The summed E-state index contributed by atoms with van der Waals surface area (Å²) < 4.78 is 6.39. The van der Waals surface area contributed by atoms with Gasteiger partial charge in [-0.25, -0.2) is 9.78 Å². The number of aliphatic hydroxyl groups excluding tert-OH is 2. The van der Waals surface area contributed by atoms with Crippen LogP contribution in [-0.4, -0.2) is 38.5 Å². The van der Waals surface area contributed by atoms with E-state index in [1.54, 1.807) is 19.2 Å². The number of carbonyl (C=O) groups excluding carboxylic acids is 1. The molecule has 2 atom stereocenters. The molecular weight excluding hydrogens is 362 g/mol. The molecule has 2 aromatic carbocycles. The predicted octanol–water partition coefficient (Wildman–Crippen LogP) is 1.25. The lowest BCUT2D eigenvalue weighted by Gasteiger charge is -2.19. The van der Waals surface area contributed by atoms with E-state index in [-0.39, 0.29) is 18.7 Å². The van der Waals surface area contributed by atoms with Crippen LogP contribution < -0.4 is 10.9 Å². The van der Waals surface area contributed by atoms with Crippen LogP contribution in [0.5, 0.6) is 0 Å². The molecule has 0 saturated heterocycles. The first kappa shape index (κ1) is 19.5. The number of rotatable bonds is 6. The minimum absolute atomic E-state index is 0.103. The van der Waals surface area contributed by atoms with Crippen LogP contribution in [0.1, 0.15) is 17.2 Å². The van der Waals surface area contributed by atoms with E-state index in [0.717, 1.165) is 5.56 Å². The molecule has 8 nitrogen and oxygen atoms in total. The molecule has 0 fully saturated rings. The Labute approximate surface area is 161 Å². The van der Waals surface area contributed by atoms with Gasteiger partial charge in [-0.15, -0.1) is 0 Å². The van der Waals surface area contributed by atoms with Crippen molar-refractivity contribution in [2.24, 2.45) is 7.05 Å². The van der Waals surface area contributed by atoms with Crippen LogP contribution in [0.3, 0.4) is 0 Å². The summed E-state index contributed by atoms with van der Waals surface area (Å²) in [5.41, 5.74) is 1.43. The van der Waals surface area contributed by atoms with Gasteiger partial charge in [0.2, 0.25) is 0 Å². The molecule has 0 bridgehead atoms. The summed E-state index contributed by atoms with van der Waals surface area (Å²) in [5, 5.41) is 23.3. The van der Waals surface area contributed by atoms with Gasteiger partial charge in [0, 0.05) is 13.6 Å². The SMILES string of the molecule is Cn1cnc2ccc(C(O)C(O)CNC(=O)OCc3ccccc3)cc2c1=O. The fourth-order valence-electron chi connectivity index (χ4n) is 2.71. The number of aliphatic hydroxyl groups is 2. The average Bonchev–Trinajstić information content (AvgIpc) is 2.73. The molecule has 0 aliphatic carbocycles. The summed E-state index contributed by atoms with van der Waals surface area (Å²) in [6.07, 6.45) is -1.85. The molecule has 1 amide bonds. The molecule has 28 heavy (non-hydrogen) atoms. The predicted molar refractivity (Wildman–Crippen MR) is 103 cm³/mol. The van der Waals surface area contributed by atoms with Gasteiger partial charge >= 0.3 is 6.09 Å². The lowest BCUT2D eigenvalue weighted by atomic mass is 10.0. The number of carbonyl (C=O) groups is 1. The highest BCUT2D eigenvalue weighted by molar-refractivity contribution is 5.78. The molecule has 3 N–H and O–H groups in total. The number of ether oxygens (including phenoxy) is 1. The lowest BCUT2D eigenvalue weighted by Crippen LogP contribution is -2.35. The Hall–Kier alpha value is -3.23. The number of hydrogen-bond donors (Lipinski definition) is 3. The van der Waals surface area contributed by atoms with Gasteiger partial charge < -0.3 is 24.8 Å². The third-order valence-corrected chi connectivity index (χ3v) is 4.32. The maximum absolute atomic E-state index is 12.2. The zero-order chi connectivity index (χ0) is 20.1. The Morgan fingerprint density at radius 1 is 1.21 bits per heavy atom. The fourth-order valence-corrected chi connectivity index (χ4v) is 2.71. The van der Waals surface area contributed by atoms with Gasteiger partial charge in [0.1, 0.15) is 18.8 Å². The third-order valence-electron chi connectivity index (χ3n) is 4.32. The zero-order valence-electron chi connectivity index (χ0n) is 15.3. The molecule has 1 heterocycles. The number of aromatic nitrogens is 2. The lowest BCUT2D eigenvalue weighted by molar-refractivity contribution is 0.0185. The van der Waals surface area contributed by atoms with Crippen LogP contribution in [0.15, 0.2) is 59.7 Å². The quantitative estimate of drug-likeness (QED) is 0.590. The van der Waals surface area contributed by atoms with Crippen molar-refractivity contribution >= 4 is 17.0 Å². The first-order valence-electron chi connectivity index (χ1n) is 8.71. The van der Waals surface area contributed by atoms with Crippen LogP contribution in [-0.2, 0) is 18.4 Å². The highest BCUT2D eigenvalue weighted by Gasteiger charge is 2.20. The first-order valence-corrected chi connectivity index (χ1v) is 8.71. The number of fused-ring (bicyclic) bond motifs is 1. The number of benzene rings is 2. The smallest absolute Gasteiger partial charge is 0.407 e. The van der Waals surface area contributed by atoms with Crippen LogP contribution >= 0.6 is 0 Å². The minimum atomic E-state index is -1.29. The van der Waals surface area contributed by atoms with Crippen LogP contribution in [0.2, 0.25) is 0 Å². The van der Waals surface area contributed by atoms with Crippen LogP contribution in [0.4, 0.5) is 4.79 Å². The van der Waals surface area contributed by atoms with Crippen molar-refractivity contribution in [3.8, 4) is 0 Å². The van der Waals surface area contributed by atoms with Crippen molar-refractivity contribution in [1.82, 2.24) is 14.9 Å². The standard InChI is InChI=1S/C20H21N3O5/c1-23-12-22-16-8-7-14(9-15(16)19(23)26)18(25)17(24)10-21-20(27)28-11-13-5-3-2-4-6-13/h2-9,12,17-18,24-25H,10-11H2,1H3,(H,21,27). The number of hydrogen-bond acceptors (Lipinski definition) is 6. The molecule has 146 valence electrons. The number of amides is 1. The van der Waals surface area contributed by atoms with Gasteiger partial charge in [-0.05, 0) is 23.3 Å². The summed E-state index contributed by atoms with van der Waals surface area (Å²) in [6.45, 7) is -0.107. The molecule has 0 spiro atoms. The average molecular weight is 383 g/mol. The highest BCUT2D eigenvalue weighted by atomic mass is 16.5. The Morgan fingerprint density at radius 2 is 1.96 bits per heavy atom. The van der Waals surface area contributed by atoms with E-state index in [4.69, 9.17) is 4.74 Å². The maximum Gasteiger partial charge on any atom is 0.407 e. The molecule has 0 saturated carbocycles. The second-order valence-corrected chi connectivity index (χ2v) is 6.39. The molecule has 2 unspecified atom stereocenters. The van der Waals surface area contributed by atoms with E-state index in [1.165, 1.54) is 17.0 Å². The van der Waals surface area contributed by atoms with Crippen molar-refractivity contribution in [1.29, 1.82) is 0 Å². The van der Waals surface area contributed by atoms with E-state index >= 15 is 0 Å². The van der Waals surface area contributed by atoms with Crippen molar-refractivity contribution in [2.75, 3.05) is 6.54 Å². The number of nitrogens with zero attached hydrogens (tertiary/aromatic N) is 2. The van der Waals surface area contributed by atoms with Gasteiger partial charge in [0.15, 0.2) is 0 Å². The zero-order valence-corrected chi connectivity index (χ0v) is 15.3. The van der Waals surface area contributed by atoms with Crippen LogP contribution in [0, 0.1) is 0 Å². The molecule has 8 heteroatoms. The Morgan fingerprint density at radius 3 is 2.71 bits per heavy atom. The molecule has 0 radical (unpaired) electrons. The number of alkyl carbamates (subject to hydrolysis) is 1. The fraction of sp³-hybridized carbons (Fsp3) is 0.250. The largest absolute Gasteiger partial charge is 0.445 e. The summed E-state index contributed by atoms with van der Waals surface area (Å²) >= 11 is 0. The normalized spacial score (nSPS) is 13.1. The Balaban J connectivity index is 1.59. The molecule has 3 aromatic rings. The van der Waals surface area contributed by atoms with E-state index in [1.807, 2.05) is 30.3 Å². The third kappa shape index (κ3) is 4.54. The number of aryl methyl sites for hydroxylation is 1. The van der Waals surface area contributed by atoms with Crippen LogP contribution in [0.25, 0.3) is 10.9 Å². The first-order chi connectivity index (χ1) is 13.5. The van der Waals surface area contributed by atoms with E-state index < -0.39 is 18.3 Å². The Kier molecular flexibility index (Phi) is 6.03. The summed E-state index contributed by atoms with van der Waals surface area (Å²) in [7, 11) is 1.58. The van der Waals surface area contributed by atoms with Crippen molar-refractivity contribution < 1.29 is 19.7 Å². The molecule has 1 aromatic heterocycles. The van der Waals surface area contributed by atoms with E-state index in [9.17, 15) is 19.8 Å². The van der Waals surface area contributed by atoms with E-state index in [2.05, 4.69) is 10.3 Å². The Bertz CT molecular complexity index is 1020. The highest BCUT2D eigenvalue weighted by Crippen LogP contribution is 2.20. The van der Waals surface area contributed by atoms with E-state index in [0.29, 0.717) is 16.5 Å². The molecular formula is C20H21N3O5. The van der Waals surface area contributed by atoms with Crippen molar-refractivity contribution in [2.45, 2.75) is 18.8 Å². The van der Waals surface area contributed by atoms with Crippen molar-refractivity contribution in [3.63, 3.8) is 0 Å². The summed E-state index contributed by atoms with van der Waals surface area (Å²) in [5.74, 6) is 0.